The molecule has 3 N–H and O–H groups in total. The van der Waals surface area contributed by atoms with Crippen LogP contribution in [-0.2, 0) is 4.74 Å². The second kappa shape index (κ2) is 7.96. The fourth-order valence-electron chi connectivity index (χ4n) is 9.83. The van der Waals surface area contributed by atoms with Crippen molar-refractivity contribution in [3.05, 3.63) is 0 Å². The Morgan fingerprint density at radius 2 is 1.77 bits per heavy atom. The van der Waals surface area contributed by atoms with Crippen LogP contribution >= 0.6 is 0 Å². The first-order chi connectivity index (χ1) is 14.7. The highest BCUT2D eigenvalue weighted by Gasteiger charge is 2.66. The predicted octanol–water partition coefficient (Wildman–Crippen LogP) is 4.40. The van der Waals surface area contributed by atoms with Gasteiger partial charge in [-0.1, -0.05) is 27.7 Å². The largest absolute Gasteiger partial charge is 0.396 e. The van der Waals surface area contributed by atoms with Crippen molar-refractivity contribution in [1.82, 2.24) is 0 Å². The third-order valence-electron chi connectivity index (χ3n) is 11.5. The van der Waals surface area contributed by atoms with Gasteiger partial charge in [0.25, 0.3) is 0 Å². The second-order valence-electron chi connectivity index (χ2n) is 13.0. The van der Waals surface area contributed by atoms with E-state index >= 15 is 0 Å². The minimum Gasteiger partial charge on any atom is -0.396 e. The first kappa shape index (κ1) is 22.6. The molecule has 4 saturated carbocycles. The normalized spacial score (nSPS) is 57.0. The van der Waals surface area contributed by atoms with Crippen molar-refractivity contribution in [2.75, 3.05) is 6.61 Å². The van der Waals surface area contributed by atoms with E-state index in [0.29, 0.717) is 47.2 Å². The Hall–Kier alpha value is -0.160. The number of rotatable bonds is 4. The molecule has 4 unspecified atom stereocenters. The molecule has 5 aliphatic rings. The van der Waals surface area contributed by atoms with E-state index in [1.165, 1.54) is 32.1 Å². The smallest absolute Gasteiger partial charge is 0.0804 e. The number of aliphatic hydroxyl groups excluding tert-OH is 3. The molecule has 0 aromatic heterocycles. The first-order valence-electron chi connectivity index (χ1n) is 13.3. The molecule has 5 fully saturated rings. The number of fused-ring (bicyclic) bond motifs is 7. The molecule has 0 bridgehead atoms. The zero-order valence-electron chi connectivity index (χ0n) is 20.2. The van der Waals surface area contributed by atoms with E-state index in [0.717, 1.165) is 37.5 Å². The van der Waals surface area contributed by atoms with Gasteiger partial charge in [-0.05, 0) is 110 Å². The minimum atomic E-state index is -0.540. The highest BCUT2D eigenvalue weighted by atomic mass is 16.5. The van der Waals surface area contributed by atoms with Crippen LogP contribution in [0.4, 0.5) is 0 Å². The van der Waals surface area contributed by atoms with Gasteiger partial charge in [0.05, 0.1) is 24.4 Å². The molecule has 178 valence electrons. The molecular formula is C27H46O4. The molecule has 31 heavy (non-hydrogen) atoms. The summed E-state index contributed by atoms with van der Waals surface area (Å²) in [5.74, 6) is 4.44. The lowest BCUT2D eigenvalue weighted by Gasteiger charge is -2.61. The Kier molecular flexibility index (Phi) is 5.81. The number of hydrogen-bond acceptors (Lipinski definition) is 4. The van der Waals surface area contributed by atoms with E-state index in [-0.39, 0.29) is 12.0 Å². The van der Waals surface area contributed by atoms with Crippen molar-refractivity contribution in [3.63, 3.8) is 0 Å². The van der Waals surface area contributed by atoms with Gasteiger partial charge < -0.3 is 20.1 Å². The molecular weight excluding hydrogens is 388 g/mol. The molecule has 4 nitrogen and oxygen atoms in total. The molecule has 0 aromatic rings. The second-order valence-corrected chi connectivity index (χ2v) is 13.0. The van der Waals surface area contributed by atoms with E-state index in [2.05, 4.69) is 27.7 Å². The van der Waals surface area contributed by atoms with E-state index in [4.69, 9.17) is 4.74 Å². The lowest BCUT2D eigenvalue weighted by atomic mass is 9.44. The highest BCUT2D eigenvalue weighted by molar-refractivity contribution is 5.14. The van der Waals surface area contributed by atoms with Gasteiger partial charge in [0.1, 0.15) is 0 Å². The number of aliphatic hydroxyl groups is 3. The minimum absolute atomic E-state index is 0.191. The molecule has 4 heteroatoms. The Morgan fingerprint density at radius 1 is 1.00 bits per heavy atom. The van der Waals surface area contributed by atoms with Crippen molar-refractivity contribution < 1.29 is 20.1 Å². The molecule has 5 rings (SSSR count). The van der Waals surface area contributed by atoms with Crippen LogP contribution in [0.25, 0.3) is 0 Å². The van der Waals surface area contributed by atoms with E-state index in [1.807, 2.05) is 0 Å². The van der Waals surface area contributed by atoms with E-state index < -0.39 is 12.2 Å². The lowest BCUT2D eigenvalue weighted by molar-refractivity contribution is -0.161. The maximum Gasteiger partial charge on any atom is 0.0804 e. The summed E-state index contributed by atoms with van der Waals surface area (Å²) in [6.45, 7) is 9.89. The summed E-state index contributed by atoms with van der Waals surface area (Å²) in [4.78, 5) is 0. The molecule has 1 saturated heterocycles. The molecule has 0 amide bonds. The molecule has 13 atom stereocenters. The van der Waals surface area contributed by atoms with Crippen molar-refractivity contribution in [2.24, 2.45) is 52.3 Å². The predicted molar refractivity (Wildman–Crippen MR) is 121 cm³/mol. The first-order valence-corrected chi connectivity index (χ1v) is 13.3. The van der Waals surface area contributed by atoms with Gasteiger partial charge in [-0.3, -0.25) is 0 Å². The van der Waals surface area contributed by atoms with Crippen molar-refractivity contribution >= 4 is 0 Å². The van der Waals surface area contributed by atoms with Gasteiger partial charge >= 0.3 is 0 Å². The average molecular weight is 435 g/mol. The highest BCUT2D eigenvalue weighted by Crippen LogP contribution is 2.70. The fourth-order valence-corrected chi connectivity index (χ4v) is 9.83. The SMILES string of the molecule is C[C@H](CO)CC[C@H]1O[C@H]2CC3C4CCC5C[C@@H](O)[C@H](O)C[C@]5(C)C4CC[C@]3(C)[C@H]2[C@@H]1C. The van der Waals surface area contributed by atoms with Gasteiger partial charge in [-0.15, -0.1) is 0 Å². The zero-order chi connectivity index (χ0) is 22.1. The summed E-state index contributed by atoms with van der Waals surface area (Å²) in [7, 11) is 0. The van der Waals surface area contributed by atoms with Crippen LogP contribution < -0.4 is 0 Å². The molecule has 4 aliphatic carbocycles. The van der Waals surface area contributed by atoms with Gasteiger partial charge in [0, 0.05) is 6.61 Å². The zero-order valence-corrected chi connectivity index (χ0v) is 20.2. The van der Waals surface area contributed by atoms with Crippen LogP contribution in [0.2, 0.25) is 0 Å². The lowest BCUT2D eigenvalue weighted by Crippen LogP contribution is -2.56. The summed E-state index contributed by atoms with van der Waals surface area (Å²) >= 11 is 0. The van der Waals surface area contributed by atoms with Crippen LogP contribution in [0.1, 0.15) is 85.5 Å². The summed E-state index contributed by atoms with van der Waals surface area (Å²) in [6, 6.07) is 0. The standard InChI is InChI=1S/C27H46O4/c1-15(14-28)5-8-23-16(2)25-24(31-23)12-20-18-7-6-17-11-21(29)22(30)13-27(17,4)19(18)9-10-26(20,25)3/h15-25,28-30H,5-14H2,1-4H3/t15-,16+,17?,18?,19?,20?,21+,22+,23+,24-,25-,26-,27-/m0/s1. The molecule has 1 heterocycles. The Morgan fingerprint density at radius 3 is 2.52 bits per heavy atom. The molecule has 1 aliphatic heterocycles. The maximum atomic E-state index is 10.5. The summed E-state index contributed by atoms with van der Waals surface area (Å²) in [5.41, 5.74) is 0.578. The van der Waals surface area contributed by atoms with Crippen LogP contribution in [0.15, 0.2) is 0 Å². The molecule has 0 spiro atoms. The maximum absolute atomic E-state index is 10.5. The van der Waals surface area contributed by atoms with Gasteiger partial charge in [0.15, 0.2) is 0 Å². The van der Waals surface area contributed by atoms with E-state index in [9.17, 15) is 15.3 Å². The monoisotopic (exact) mass is 434 g/mol. The quantitative estimate of drug-likeness (QED) is 0.613. The van der Waals surface area contributed by atoms with Crippen LogP contribution in [-0.4, -0.2) is 46.3 Å². The van der Waals surface area contributed by atoms with Gasteiger partial charge in [-0.2, -0.15) is 0 Å². The Labute approximate surface area is 189 Å². The van der Waals surface area contributed by atoms with Crippen molar-refractivity contribution in [1.29, 1.82) is 0 Å². The van der Waals surface area contributed by atoms with Gasteiger partial charge in [0.2, 0.25) is 0 Å². The summed E-state index contributed by atoms with van der Waals surface area (Å²) < 4.78 is 6.74. The third kappa shape index (κ3) is 3.37. The van der Waals surface area contributed by atoms with Crippen LogP contribution in [0.3, 0.4) is 0 Å². The molecule has 0 radical (unpaired) electrons. The average Bonchev–Trinajstić information content (AvgIpc) is 3.21. The van der Waals surface area contributed by atoms with Crippen molar-refractivity contribution in [2.45, 2.75) is 110 Å². The third-order valence-corrected chi connectivity index (χ3v) is 11.5. The Balaban J connectivity index is 1.33. The fraction of sp³-hybridized carbons (Fsp3) is 1.00. The van der Waals surface area contributed by atoms with Gasteiger partial charge in [-0.25, -0.2) is 0 Å². The van der Waals surface area contributed by atoms with Crippen LogP contribution in [0, 0.1) is 52.3 Å². The Bertz CT molecular complexity index is 668. The summed E-state index contributed by atoms with van der Waals surface area (Å²) in [6.07, 6.45) is 9.79. The van der Waals surface area contributed by atoms with E-state index in [1.54, 1.807) is 0 Å². The van der Waals surface area contributed by atoms with Crippen LogP contribution in [0.5, 0.6) is 0 Å². The molecule has 0 aromatic carbocycles. The van der Waals surface area contributed by atoms with Crippen molar-refractivity contribution in [3.8, 4) is 0 Å². The summed E-state index contributed by atoms with van der Waals surface area (Å²) in [5, 5.41) is 30.2. The number of hydrogen-bond donors (Lipinski definition) is 3. The topological polar surface area (TPSA) is 69.9 Å². The number of ether oxygens (including phenoxy) is 1.